The van der Waals surface area contributed by atoms with Crippen molar-refractivity contribution >= 4 is 35.3 Å². The Labute approximate surface area is 215 Å². The number of rotatable bonds is 13. The largest absolute Gasteiger partial charge is 0.497 e. The van der Waals surface area contributed by atoms with Crippen LogP contribution in [0.2, 0.25) is 0 Å². The van der Waals surface area contributed by atoms with Crippen LogP contribution < -0.4 is 20.7 Å². The van der Waals surface area contributed by atoms with Crippen molar-refractivity contribution in [3.8, 4) is 5.75 Å². The number of amides is 3. The van der Waals surface area contributed by atoms with Crippen LogP contribution in [0.25, 0.3) is 0 Å². The summed E-state index contributed by atoms with van der Waals surface area (Å²) >= 11 is 5.83. The van der Waals surface area contributed by atoms with E-state index in [2.05, 4.69) is 20.7 Å². The highest BCUT2D eigenvalue weighted by molar-refractivity contribution is 6.17. The van der Waals surface area contributed by atoms with Gasteiger partial charge in [0, 0.05) is 32.2 Å². The Morgan fingerprint density at radius 1 is 0.833 bits per heavy atom. The molecule has 0 saturated carbocycles. The van der Waals surface area contributed by atoms with Gasteiger partial charge in [-0.15, -0.1) is 11.6 Å². The predicted octanol–water partition coefficient (Wildman–Crippen LogP) is 2.24. The zero-order chi connectivity index (χ0) is 26.5. The van der Waals surface area contributed by atoms with Crippen molar-refractivity contribution in [2.24, 2.45) is 0 Å². The highest BCUT2D eigenvalue weighted by Crippen LogP contribution is 2.12. The molecule has 2 rings (SSSR count). The van der Waals surface area contributed by atoms with Gasteiger partial charge < -0.3 is 25.4 Å². The van der Waals surface area contributed by atoms with Crippen LogP contribution >= 0.6 is 11.6 Å². The van der Waals surface area contributed by atoms with Gasteiger partial charge in [0.15, 0.2) is 0 Å². The zero-order valence-electron chi connectivity index (χ0n) is 20.6. The Hall–Kier alpha value is -3.59. The van der Waals surface area contributed by atoms with Crippen molar-refractivity contribution in [1.29, 1.82) is 0 Å². The fourth-order valence-electron chi connectivity index (χ4n) is 3.42. The molecule has 0 spiro atoms. The minimum Gasteiger partial charge on any atom is -0.497 e. The predicted molar refractivity (Wildman–Crippen MR) is 135 cm³/mol. The Balaban J connectivity index is 2.11. The molecule has 0 saturated heterocycles. The maximum atomic E-state index is 13.1. The molecule has 0 aliphatic heterocycles. The van der Waals surface area contributed by atoms with E-state index in [4.69, 9.17) is 16.3 Å². The zero-order valence-corrected chi connectivity index (χ0v) is 21.4. The van der Waals surface area contributed by atoms with Gasteiger partial charge in [-0.2, -0.15) is 0 Å². The van der Waals surface area contributed by atoms with E-state index in [0.717, 1.165) is 16.7 Å². The van der Waals surface area contributed by atoms with Gasteiger partial charge in [-0.3, -0.25) is 19.2 Å². The molecule has 10 heteroatoms. The summed E-state index contributed by atoms with van der Waals surface area (Å²) in [4.78, 5) is 49.5. The summed E-state index contributed by atoms with van der Waals surface area (Å²) in [5.74, 6) is -0.840. The van der Waals surface area contributed by atoms with Gasteiger partial charge in [0.05, 0.1) is 14.2 Å². The molecular formula is C26H32ClN3O6. The Bertz CT molecular complexity index is 1030. The smallest absolute Gasteiger partial charge is 0.305 e. The van der Waals surface area contributed by atoms with E-state index < -0.39 is 29.9 Å². The van der Waals surface area contributed by atoms with E-state index in [-0.39, 0.29) is 31.7 Å². The molecular weight excluding hydrogens is 486 g/mol. The number of nitrogens with one attached hydrogen (secondary N) is 3. The first kappa shape index (κ1) is 28.6. The van der Waals surface area contributed by atoms with Gasteiger partial charge in [0.2, 0.25) is 17.7 Å². The average molecular weight is 518 g/mol. The summed E-state index contributed by atoms with van der Waals surface area (Å²) in [7, 11) is 2.82. The molecule has 194 valence electrons. The molecule has 0 heterocycles. The van der Waals surface area contributed by atoms with Crippen molar-refractivity contribution in [3.05, 3.63) is 65.2 Å². The lowest BCUT2D eigenvalue weighted by Crippen LogP contribution is -2.54. The normalized spacial score (nSPS) is 12.1. The average Bonchev–Trinajstić information content (AvgIpc) is 2.89. The van der Waals surface area contributed by atoms with Gasteiger partial charge in [-0.05, 0) is 35.2 Å². The van der Waals surface area contributed by atoms with Crippen LogP contribution in [0.3, 0.4) is 0 Å². The number of alkyl halides is 1. The number of hydrogen-bond donors (Lipinski definition) is 3. The van der Waals surface area contributed by atoms with Crippen LogP contribution in [-0.4, -0.2) is 50.0 Å². The summed E-state index contributed by atoms with van der Waals surface area (Å²) in [5.41, 5.74) is 2.57. The number of hydrogen-bond acceptors (Lipinski definition) is 6. The van der Waals surface area contributed by atoms with Crippen molar-refractivity contribution in [1.82, 2.24) is 16.0 Å². The number of esters is 1. The number of carbonyl (C=O) groups excluding carboxylic acids is 4. The molecule has 0 aromatic heterocycles. The van der Waals surface area contributed by atoms with Crippen molar-refractivity contribution < 1.29 is 28.7 Å². The monoisotopic (exact) mass is 517 g/mol. The molecule has 2 aromatic carbocycles. The summed E-state index contributed by atoms with van der Waals surface area (Å²) in [6.45, 7) is 1.53. The van der Waals surface area contributed by atoms with Gasteiger partial charge in [-0.1, -0.05) is 36.4 Å². The lowest BCUT2D eigenvalue weighted by atomic mass is 10.0. The summed E-state index contributed by atoms with van der Waals surface area (Å²) in [5, 5.41) is 8.10. The van der Waals surface area contributed by atoms with E-state index in [0.29, 0.717) is 11.6 Å². The third-order valence-electron chi connectivity index (χ3n) is 5.43. The maximum absolute atomic E-state index is 13.1. The number of ether oxygens (including phenoxy) is 2. The summed E-state index contributed by atoms with van der Waals surface area (Å²) in [6, 6.07) is 12.6. The maximum Gasteiger partial charge on any atom is 0.305 e. The fraction of sp³-hybridized carbons (Fsp3) is 0.385. The number of benzene rings is 2. The van der Waals surface area contributed by atoms with Crippen LogP contribution in [0.4, 0.5) is 0 Å². The molecule has 0 unspecified atom stereocenters. The van der Waals surface area contributed by atoms with Crippen LogP contribution in [-0.2, 0) is 42.8 Å². The Kier molecular flexibility index (Phi) is 11.7. The molecule has 0 bridgehead atoms. The number of methoxy groups -OCH3 is 2. The first-order valence-corrected chi connectivity index (χ1v) is 12.0. The van der Waals surface area contributed by atoms with Crippen LogP contribution in [0, 0.1) is 0 Å². The number of halogens is 1. The first-order valence-electron chi connectivity index (χ1n) is 11.4. The van der Waals surface area contributed by atoms with E-state index in [1.165, 1.54) is 14.0 Å². The highest BCUT2D eigenvalue weighted by Gasteiger charge is 2.27. The molecule has 3 amide bonds. The molecule has 2 aromatic rings. The third-order valence-corrected chi connectivity index (χ3v) is 5.74. The Morgan fingerprint density at radius 2 is 1.44 bits per heavy atom. The molecule has 9 nitrogen and oxygen atoms in total. The molecule has 2 atom stereocenters. The second-order valence-electron chi connectivity index (χ2n) is 8.15. The van der Waals surface area contributed by atoms with Crippen molar-refractivity contribution in [2.45, 2.75) is 50.7 Å². The summed E-state index contributed by atoms with van der Waals surface area (Å²) in [6.07, 6.45) is 0.178. The molecule has 0 radical (unpaired) electrons. The molecule has 0 aliphatic carbocycles. The van der Waals surface area contributed by atoms with E-state index >= 15 is 0 Å². The lowest BCUT2D eigenvalue weighted by Gasteiger charge is -2.23. The molecule has 3 N–H and O–H groups in total. The van der Waals surface area contributed by atoms with Gasteiger partial charge >= 0.3 is 5.97 Å². The van der Waals surface area contributed by atoms with Gasteiger partial charge in [0.25, 0.3) is 0 Å². The minimum absolute atomic E-state index is 0.0318. The third kappa shape index (κ3) is 9.58. The van der Waals surface area contributed by atoms with Gasteiger partial charge in [0.1, 0.15) is 17.8 Å². The first-order chi connectivity index (χ1) is 17.2. The molecule has 0 aliphatic rings. The van der Waals surface area contributed by atoms with E-state index in [1.54, 1.807) is 19.2 Å². The second kappa shape index (κ2) is 14.7. The number of carbonyl (C=O) groups is 4. The Morgan fingerprint density at radius 3 is 2.00 bits per heavy atom. The minimum atomic E-state index is -1.01. The highest BCUT2D eigenvalue weighted by atomic mass is 35.5. The van der Waals surface area contributed by atoms with Crippen LogP contribution in [0.15, 0.2) is 48.5 Å². The molecule has 36 heavy (non-hydrogen) atoms. The van der Waals surface area contributed by atoms with E-state index in [1.807, 2.05) is 36.4 Å². The van der Waals surface area contributed by atoms with Gasteiger partial charge in [-0.25, -0.2) is 0 Å². The van der Waals surface area contributed by atoms with Crippen molar-refractivity contribution in [2.75, 3.05) is 14.2 Å². The second-order valence-corrected chi connectivity index (χ2v) is 8.42. The topological polar surface area (TPSA) is 123 Å². The van der Waals surface area contributed by atoms with Crippen LogP contribution in [0.5, 0.6) is 5.75 Å². The van der Waals surface area contributed by atoms with Crippen LogP contribution in [0.1, 0.15) is 36.5 Å². The molecule has 0 fully saturated rings. The van der Waals surface area contributed by atoms with Crippen molar-refractivity contribution in [3.63, 3.8) is 0 Å². The summed E-state index contributed by atoms with van der Waals surface area (Å²) < 4.78 is 9.80. The van der Waals surface area contributed by atoms with E-state index in [9.17, 15) is 19.2 Å². The fourth-order valence-corrected chi connectivity index (χ4v) is 3.59. The lowest BCUT2D eigenvalue weighted by molar-refractivity contribution is -0.141. The quantitative estimate of drug-likeness (QED) is 0.276. The standard InChI is InChI=1S/C26H32ClN3O6/c1-17(31)29-23(14-18-4-6-19(15-27)7-5-18)26(34)30-22(12-13-24(32)36-3)25(33)28-16-20-8-10-21(35-2)11-9-20/h4-11,22-23H,12-16H2,1-3H3,(H,28,33)(H,29,31)(H,30,34)/t22-,23-/m0/s1. The SMILES string of the molecule is COC(=O)CC[C@H](NC(=O)[C@H](Cc1ccc(CCl)cc1)NC(C)=O)C(=O)NCc1ccc(OC)cc1.